The van der Waals surface area contributed by atoms with E-state index in [4.69, 9.17) is 5.11 Å². The Morgan fingerprint density at radius 1 is 1.10 bits per heavy atom. The Bertz CT molecular complexity index is 477. The minimum Gasteiger partial charge on any atom is -0.480 e. The minimum atomic E-state index is -0.986. The van der Waals surface area contributed by atoms with Crippen LogP contribution in [-0.4, -0.2) is 23.0 Å². The van der Waals surface area contributed by atoms with Gasteiger partial charge in [0.15, 0.2) is 0 Å². The van der Waals surface area contributed by atoms with Crippen LogP contribution < -0.4 is 5.32 Å². The molecule has 0 aromatic heterocycles. The third-order valence-electron chi connectivity index (χ3n) is 3.54. The fourth-order valence-corrected chi connectivity index (χ4v) is 2.09. The van der Waals surface area contributed by atoms with Crippen molar-refractivity contribution in [1.82, 2.24) is 5.32 Å². The van der Waals surface area contributed by atoms with Crippen LogP contribution in [0.1, 0.15) is 51.2 Å². The number of hydrogen-bond acceptors (Lipinski definition) is 2. The first-order valence-electron chi connectivity index (χ1n) is 7.42. The smallest absolute Gasteiger partial charge is 0.326 e. The molecule has 0 aliphatic rings. The van der Waals surface area contributed by atoms with Crippen molar-refractivity contribution >= 4 is 11.9 Å². The summed E-state index contributed by atoms with van der Waals surface area (Å²) in [6.45, 7) is 7.84. The summed E-state index contributed by atoms with van der Waals surface area (Å²) in [7, 11) is 0. The maximum atomic E-state index is 11.8. The van der Waals surface area contributed by atoms with Crippen LogP contribution in [-0.2, 0) is 16.0 Å². The number of carbonyl (C=O) groups excluding carboxylic acids is 1. The normalized spacial score (nSPS) is 12.5. The van der Waals surface area contributed by atoms with E-state index in [2.05, 4.69) is 31.3 Å². The van der Waals surface area contributed by atoms with E-state index in [1.807, 2.05) is 12.1 Å². The fraction of sp³-hybridized carbons (Fsp3) is 0.529. The monoisotopic (exact) mass is 291 g/mol. The van der Waals surface area contributed by atoms with Gasteiger partial charge in [0.1, 0.15) is 6.04 Å². The second-order valence-corrected chi connectivity index (χ2v) is 6.02. The van der Waals surface area contributed by atoms with Gasteiger partial charge < -0.3 is 10.4 Å². The molecule has 0 saturated carbocycles. The van der Waals surface area contributed by atoms with E-state index in [9.17, 15) is 9.59 Å². The third kappa shape index (κ3) is 5.58. The lowest BCUT2D eigenvalue weighted by molar-refractivity contribution is -0.143. The zero-order chi connectivity index (χ0) is 16.0. The summed E-state index contributed by atoms with van der Waals surface area (Å²) >= 11 is 0. The van der Waals surface area contributed by atoms with Crippen LogP contribution in [0, 0.1) is 5.92 Å². The number of hydrogen-bond donors (Lipinski definition) is 2. The van der Waals surface area contributed by atoms with Crippen LogP contribution in [0.4, 0.5) is 0 Å². The van der Waals surface area contributed by atoms with E-state index in [-0.39, 0.29) is 11.8 Å². The fourth-order valence-electron chi connectivity index (χ4n) is 2.09. The lowest BCUT2D eigenvalue weighted by Crippen LogP contribution is -2.44. The molecule has 21 heavy (non-hydrogen) atoms. The Labute approximate surface area is 126 Å². The maximum absolute atomic E-state index is 11.8. The molecule has 0 spiro atoms. The van der Waals surface area contributed by atoms with Crippen molar-refractivity contribution in [3.8, 4) is 0 Å². The number of aryl methyl sites for hydroxylation is 1. The lowest BCUT2D eigenvalue weighted by Gasteiger charge is -2.17. The Morgan fingerprint density at radius 2 is 1.67 bits per heavy atom. The van der Waals surface area contributed by atoms with Crippen molar-refractivity contribution in [3.63, 3.8) is 0 Å². The second kappa shape index (κ2) is 7.81. The van der Waals surface area contributed by atoms with E-state index in [0.717, 1.165) is 5.56 Å². The first-order chi connectivity index (χ1) is 9.81. The molecule has 1 atom stereocenters. The number of benzene rings is 1. The zero-order valence-corrected chi connectivity index (χ0v) is 13.2. The summed E-state index contributed by atoms with van der Waals surface area (Å²) in [6, 6.07) is 7.39. The van der Waals surface area contributed by atoms with Crippen molar-refractivity contribution < 1.29 is 14.7 Å². The Balaban J connectivity index is 2.51. The van der Waals surface area contributed by atoms with Gasteiger partial charge in [0.2, 0.25) is 5.91 Å². The Kier molecular flexibility index (Phi) is 6.40. The average Bonchev–Trinajstić information content (AvgIpc) is 2.42. The maximum Gasteiger partial charge on any atom is 0.326 e. The van der Waals surface area contributed by atoms with Crippen LogP contribution in [0.3, 0.4) is 0 Å². The van der Waals surface area contributed by atoms with Gasteiger partial charge in [-0.2, -0.15) is 0 Å². The number of nitrogens with one attached hydrogen (secondary N) is 1. The van der Waals surface area contributed by atoms with Gasteiger partial charge >= 0.3 is 5.97 Å². The van der Waals surface area contributed by atoms with Crippen LogP contribution in [0.25, 0.3) is 0 Å². The van der Waals surface area contributed by atoms with Gasteiger partial charge in [-0.05, 0) is 29.4 Å². The first-order valence-corrected chi connectivity index (χ1v) is 7.42. The Hall–Kier alpha value is -1.84. The van der Waals surface area contributed by atoms with Gasteiger partial charge in [-0.1, -0.05) is 52.0 Å². The SMILES string of the molecule is CC(C)c1ccc(CCC(=O)NC(C(=O)O)C(C)C)cc1. The van der Waals surface area contributed by atoms with Crippen molar-refractivity contribution in [2.75, 3.05) is 0 Å². The molecule has 1 amide bonds. The molecule has 0 fully saturated rings. The topological polar surface area (TPSA) is 66.4 Å². The summed E-state index contributed by atoms with van der Waals surface area (Å²) < 4.78 is 0. The number of carbonyl (C=O) groups is 2. The highest BCUT2D eigenvalue weighted by atomic mass is 16.4. The summed E-state index contributed by atoms with van der Waals surface area (Å²) in [6.07, 6.45) is 0.923. The van der Waals surface area contributed by atoms with Crippen molar-refractivity contribution in [1.29, 1.82) is 0 Å². The molecule has 1 aromatic rings. The van der Waals surface area contributed by atoms with Crippen LogP contribution >= 0.6 is 0 Å². The van der Waals surface area contributed by atoms with Gasteiger partial charge in [-0.15, -0.1) is 0 Å². The average molecular weight is 291 g/mol. The van der Waals surface area contributed by atoms with Crippen molar-refractivity contribution in [2.24, 2.45) is 5.92 Å². The molecule has 0 radical (unpaired) electrons. The molecule has 1 rings (SSSR count). The highest BCUT2D eigenvalue weighted by Gasteiger charge is 2.22. The first kappa shape index (κ1) is 17.2. The van der Waals surface area contributed by atoms with Crippen LogP contribution in [0.2, 0.25) is 0 Å². The Morgan fingerprint density at radius 3 is 2.10 bits per heavy atom. The standard InChI is InChI=1S/C17H25NO3/c1-11(2)14-8-5-13(6-9-14)7-10-15(19)18-16(12(3)4)17(20)21/h5-6,8-9,11-12,16H,7,10H2,1-4H3,(H,18,19)(H,20,21). The summed E-state index contributed by atoms with van der Waals surface area (Å²) in [5.41, 5.74) is 2.36. The van der Waals surface area contributed by atoms with Gasteiger partial charge in [0, 0.05) is 6.42 Å². The molecule has 1 aromatic carbocycles. The molecule has 0 aliphatic carbocycles. The minimum absolute atomic E-state index is 0.128. The predicted octanol–water partition coefficient (Wildman–Crippen LogP) is 2.97. The molecule has 4 heteroatoms. The summed E-state index contributed by atoms with van der Waals surface area (Å²) in [4.78, 5) is 22.9. The predicted molar refractivity (Wildman–Crippen MR) is 83.3 cm³/mol. The van der Waals surface area contributed by atoms with Crippen molar-refractivity contribution in [2.45, 2.75) is 52.5 Å². The van der Waals surface area contributed by atoms with E-state index in [1.165, 1.54) is 5.56 Å². The summed E-state index contributed by atoms with van der Waals surface area (Å²) in [5.74, 6) is -0.842. The number of aliphatic carboxylic acids is 1. The number of carboxylic acid groups (broad SMARTS) is 1. The zero-order valence-electron chi connectivity index (χ0n) is 13.2. The van der Waals surface area contributed by atoms with Gasteiger partial charge in [0.25, 0.3) is 0 Å². The molecule has 116 valence electrons. The number of rotatable bonds is 7. The molecule has 0 aliphatic heterocycles. The van der Waals surface area contributed by atoms with Crippen LogP contribution in [0.5, 0.6) is 0 Å². The lowest BCUT2D eigenvalue weighted by atomic mass is 10.00. The molecule has 2 N–H and O–H groups in total. The molecule has 1 unspecified atom stereocenters. The third-order valence-corrected chi connectivity index (χ3v) is 3.54. The molecule has 0 heterocycles. The van der Waals surface area contributed by atoms with Crippen molar-refractivity contribution in [3.05, 3.63) is 35.4 Å². The quantitative estimate of drug-likeness (QED) is 0.811. The molecule has 0 bridgehead atoms. The van der Waals surface area contributed by atoms with E-state index in [1.54, 1.807) is 13.8 Å². The summed E-state index contributed by atoms with van der Waals surface area (Å²) in [5, 5.41) is 11.6. The van der Waals surface area contributed by atoms with Gasteiger partial charge in [-0.3, -0.25) is 4.79 Å². The molecular formula is C17H25NO3. The van der Waals surface area contributed by atoms with Gasteiger partial charge in [0.05, 0.1) is 0 Å². The van der Waals surface area contributed by atoms with E-state index in [0.29, 0.717) is 18.8 Å². The highest BCUT2D eigenvalue weighted by Crippen LogP contribution is 2.15. The largest absolute Gasteiger partial charge is 0.480 e. The van der Waals surface area contributed by atoms with E-state index >= 15 is 0 Å². The molecule has 0 saturated heterocycles. The van der Waals surface area contributed by atoms with Crippen LogP contribution in [0.15, 0.2) is 24.3 Å². The number of amides is 1. The number of carboxylic acids is 1. The van der Waals surface area contributed by atoms with E-state index < -0.39 is 12.0 Å². The van der Waals surface area contributed by atoms with Gasteiger partial charge in [-0.25, -0.2) is 4.79 Å². The highest BCUT2D eigenvalue weighted by molar-refractivity contribution is 5.83. The molecule has 4 nitrogen and oxygen atoms in total. The second-order valence-electron chi connectivity index (χ2n) is 6.02. The molecular weight excluding hydrogens is 266 g/mol.